The average Bonchev–Trinajstić information content (AvgIpc) is 3.47. The van der Waals surface area contributed by atoms with Crippen molar-refractivity contribution in [1.29, 1.82) is 0 Å². The Morgan fingerprint density at radius 1 is 1.02 bits per heavy atom. The second-order valence-electron chi connectivity index (χ2n) is 10.2. The number of thiazole rings is 1. The van der Waals surface area contributed by atoms with Crippen LogP contribution in [0.4, 0.5) is 9.52 Å². The highest BCUT2D eigenvalue weighted by Gasteiger charge is 2.30. The Morgan fingerprint density at radius 2 is 1.79 bits per heavy atom. The Hall–Kier alpha value is -4.47. The lowest BCUT2D eigenvalue weighted by molar-refractivity contribution is -0.124. The lowest BCUT2D eigenvalue weighted by Crippen LogP contribution is -2.34. The second-order valence-corrected chi connectivity index (χ2v) is 11.1. The number of halogens is 1. The maximum absolute atomic E-state index is 13.8. The number of carbonyl (C=O) groups is 2. The molecule has 6 rings (SSSR count). The summed E-state index contributed by atoms with van der Waals surface area (Å²) in [6, 6.07) is 23.8. The Labute approximate surface area is 247 Å². The molecule has 0 spiro atoms. The van der Waals surface area contributed by atoms with Gasteiger partial charge in [-0.05, 0) is 42.3 Å². The standard InChI is InChI=1S/C33H29FN4O3S/c1-2-29(31(39)37-33-36-28(20-42-33)22-12-14-23(34)15-13-22)41-32(40)30-24-10-6-7-11-26(24)35-27-16-17-38(19-25(27)30)18-21-8-4-3-5-9-21/h3-15,20,29H,2,16-19H2,1H3,(H,36,37,39). The van der Waals surface area contributed by atoms with Gasteiger partial charge in [0.05, 0.1) is 16.8 Å². The largest absolute Gasteiger partial charge is 0.449 e. The van der Waals surface area contributed by atoms with Gasteiger partial charge in [0, 0.05) is 53.6 Å². The third-order valence-corrected chi connectivity index (χ3v) is 8.12. The maximum Gasteiger partial charge on any atom is 0.340 e. The van der Waals surface area contributed by atoms with Gasteiger partial charge >= 0.3 is 5.97 Å². The van der Waals surface area contributed by atoms with E-state index < -0.39 is 18.0 Å². The molecule has 0 bridgehead atoms. The fourth-order valence-electron chi connectivity index (χ4n) is 5.24. The van der Waals surface area contributed by atoms with E-state index in [9.17, 15) is 14.0 Å². The van der Waals surface area contributed by atoms with Crippen LogP contribution in [-0.4, -0.2) is 39.4 Å². The molecule has 1 atom stereocenters. The number of pyridine rings is 1. The minimum absolute atomic E-state index is 0.291. The zero-order valence-corrected chi connectivity index (χ0v) is 23.9. The maximum atomic E-state index is 13.8. The molecule has 1 N–H and O–H groups in total. The summed E-state index contributed by atoms with van der Waals surface area (Å²) in [5, 5.41) is 5.65. The molecule has 3 aromatic carbocycles. The van der Waals surface area contributed by atoms with Crippen LogP contribution < -0.4 is 5.32 Å². The van der Waals surface area contributed by atoms with Gasteiger partial charge in [0.1, 0.15) is 5.82 Å². The molecule has 0 aliphatic carbocycles. The van der Waals surface area contributed by atoms with E-state index in [1.54, 1.807) is 24.4 Å². The van der Waals surface area contributed by atoms with E-state index in [1.807, 2.05) is 42.5 Å². The molecular formula is C33H29FN4O3S. The molecule has 5 aromatic rings. The molecule has 0 radical (unpaired) electrons. The average molecular weight is 581 g/mol. The monoisotopic (exact) mass is 580 g/mol. The fourth-order valence-corrected chi connectivity index (χ4v) is 5.96. The van der Waals surface area contributed by atoms with Crippen molar-refractivity contribution in [3.05, 3.63) is 112 Å². The van der Waals surface area contributed by atoms with Gasteiger partial charge in [0.2, 0.25) is 0 Å². The third kappa shape index (κ3) is 5.93. The van der Waals surface area contributed by atoms with E-state index in [0.29, 0.717) is 41.2 Å². The SMILES string of the molecule is CCC(OC(=O)c1c2c(nc3ccccc13)CCN(Cc1ccccc1)C2)C(=O)Nc1nc(-c2ccc(F)cc2)cs1. The summed E-state index contributed by atoms with van der Waals surface area (Å²) in [5.41, 5.74) is 5.49. The number of carbonyl (C=O) groups excluding carboxylic acids is 2. The molecule has 1 aliphatic rings. The van der Waals surface area contributed by atoms with E-state index in [1.165, 1.54) is 29.0 Å². The second kappa shape index (κ2) is 12.2. The van der Waals surface area contributed by atoms with Crippen molar-refractivity contribution in [2.75, 3.05) is 11.9 Å². The van der Waals surface area contributed by atoms with Gasteiger partial charge in [-0.3, -0.25) is 20.0 Å². The van der Waals surface area contributed by atoms with Crippen LogP contribution in [0.15, 0.2) is 84.2 Å². The zero-order chi connectivity index (χ0) is 29.1. The summed E-state index contributed by atoms with van der Waals surface area (Å²) in [7, 11) is 0. The van der Waals surface area contributed by atoms with E-state index in [0.717, 1.165) is 35.4 Å². The van der Waals surface area contributed by atoms with Crippen molar-refractivity contribution in [3.63, 3.8) is 0 Å². The van der Waals surface area contributed by atoms with Crippen LogP contribution in [0, 0.1) is 5.82 Å². The first kappa shape index (κ1) is 27.7. The van der Waals surface area contributed by atoms with Crippen molar-refractivity contribution < 1.29 is 18.7 Å². The number of nitrogens with zero attached hydrogens (tertiary/aromatic N) is 3. The number of nitrogens with one attached hydrogen (secondary N) is 1. The molecule has 9 heteroatoms. The van der Waals surface area contributed by atoms with Gasteiger partial charge in [-0.25, -0.2) is 14.2 Å². The number of fused-ring (bicyclic) bond motifs is 2. The van der Waals surface area contributed by atoms with Crippen LogP contribution in [0.5, 0.6) is 0 Å². The molecule has 0 fully saturated rings. The molecule has 1 aliphatic heterocycles. The van der Waals surface area contributed by atoms with Crippen LogP contribution in [0.1, 0.15) is 40.5 Å². The number of rotatable bonds is 8. The molecule has 0 saturated carbocycles. The van der Waals surface area contributed by atoms with Crippen LogP contribution in [-0.2, 0) is 29.0 Å². The summed E-state index contributed by atoms with van der Waals surface area (Å²) in [4.78, 5) is 38.7. The Morgan fingerprint density at radius 3 is 2.57 bits per heavy atom. The zero-order valence-electron chi connectivity index (χ0n) is 23.0. The molecule has 1 unspecified atom stereocenters. The van der Waals surface area contributed by atoms with Crippen molar-refractivity contribution in [2.24, 2.45) is 0 Å². The van der Waals surface area contributed by atoms with Gasteiger partial charge in [-0.15, -0.1) is 11.3 Å². The highest BCUT2D eigenvalue weighted by molar-refractivity contribution is 7.14. The molecule has 212 valence electrons. The van der Waals surface area contributed by atoms with Crippen molar-refractivity contribution in [3.8, 4) is 11.3 Å². The third-order valence-electron chi connectivity index (χ3n) is 7.37. The Balaban J connectivity index is 1.23. The molecule has 0 saturated heterocycles. The van der Waals surface area contributed by atoms with E-state index >= 15 is 0 Å². The van der Waals surface area contributed by atoms with E-state index in [2.05, 4.69) is 27.3 Å². The fraction of sp³-hybridized carbons (Fsp3) is 0.212. The van der Waals surface area contributed by atoms with Crippen LogP contribution in [0.3, 0.4) is 0 Å². The van der Waals surface area contributed by atoms with Crippen LogP contribution >= 0.6 is 11.3 Å². The van der Waals surface area contributed by atoms with Crippen molar-refractivity contribution in [2.45, 2.75) is 39.0 Å². The molecule has 42 heavy (non-hydrogen) atoms. The van der Waals surface area contributed by atoms with Gasteiger partial charge < -0.3 is 4.74 Å². The first-order valence-electron chi connectivity index (χ1n) is 13.9. The van der Waals surface area contributed by atoms with Crippen molar-refractivity contribution in [1.82, 2.24) is 14.9 Å². The number of hydrogen-bond donors (Lipinski definition) is 1. The number of benzene rings is 3. The summed E-state index contributed by atoms with van der Waals surface area (Å²) in [6.45, 7) is 3.94. The molecule has 2 aromatic heterocycles. The van der Waals surface area contributed by atoms with Gasteiger partial charge in [0.15, 0.2) is 11.2 Å². The first-order valence-corrected chi connectivity index (χ1v) is 14.8. The summed E-state index contributed by atoms with van der Waals surface area (Å²) in [6.07, 6.45) is -0.00731. The molecule has 7 nitrogen and oxygen atoms in total. The Kier molecular flexibility index (Phi) is 8.03. The number of hydrogen-bond acceptors (Lipinski definition) is 7. The van der Waals surface area contributed by atoms with Gasteiger partial charge in [-0.2, -0.15) is 0 Å². The van der Waals surface area contributed by atoms with Crippen molar-refractivity contribution >= 4 is 39.2 Å². The lowest BCUT2D eigenvalue weighted by atomic mass is 9.95. The smallest absolute Gasteiger partial charge is 0.340 e. The molecule has 3 heterocycles. The highest BCUT2D eigenvalue weighted by Crippen LogP contribution is 2.30. The quantitative estimate of drug-likeness (QED) is 0.208. The minimum atomic E-state index is -1.01. The first-order chi connectivity index (χ1) is 20.5. The molecular weight excluding hydrogens is 551 g/mol. The van der Waals surface area contributed by atoms with Crippen LogP contribution in [0.25, 0.3) is 22.2 Å². The molecule has 1 amide bonds. The Bertz CT molecular complexity index is 1740. The van der Waals surface area contributed by atoms with Crippen LogP contribution in [0.2, 0.25) is 0 Å². The van der Waals surface area contributed by atoms with Gasteiger partial charge in [-0.1, -0.05) is 55.5 Å². The lowest BCUT2D eigenvalue weighted by Gasteiger charge is -2.30. The highest BCUT2D eigenvalue weighted by atomic mass is 32.1. The number of ether oxygens (including phenoxy) is 1. The normalized spacial score (nSPS) is 13.9. The number of esters is 1. The number of para-hydroxylation sites is 1. The predicted octanol–water partition coefficient (Wildman–Crippen LogP) is 6.63. The summed E-state index contributed by atoms with van der Waals surface area (Å²) in [5.74, 6) is -1.33. The topological polar surface area (TPSA) is 84.4 Å². The van der Waals surface area contributed by atoms with E-state index in [-0.39, 0.29) is 5.82 Å². The van der Waals surface area contributed by atoms with E-state index in [4.69, 9.17) is 9.72 Å². The number of aromatic nitrogens is 2. The minimum Gasteiger partial charge on any atom is -0.449 e. The predicted molar refractivity (Wildman–Crippen MR) is 162 cm³/mol. The number of anilines is 1. The number of amides is 1. The summed E-state index contributed by atoms with van der Waals surface area (Å²) >= 11 is 1.25. The summed E-state index contributed by atoms with van der Waals surface area (Å²) < 4.78 is 19.2. The van der Waals surface area contributed by atoms with Gasteiger partial charge in [0.25, 0.3) is 5.91 Å².